The molecule has 0 radical (unpaired) electrons. The molecule has 6 heteroatoms. The van der Waals surface area contributed by atoms with Crippen molar-refractivity contribution in [3.8, 4) is 6.07 Å². The Morgan fingerprint density at radius 1 is 1.00 bits per heavy atom. The Hall–Kier alpha value is -3.72. The monoisotopic (exact) mass is 371 g/mol. The quantitative estimate of drug-likeness (QED) is 0.697. The van der Waals surface area contributed by atoms with Gasteiger partial charge in [0.05, 0.1) is 23.6 Å². The van der Waals surface area contributed by atoms with Crippen molar-refractivity contribution in [3.63, 3.8) is 0 Å². The number of amides is 1. The highest BCUT2D eigenvalue weighted by Gasteiger charge is 2.13. The van der Waals surface area contributed by atoms with Gasteiger partial charge in [0.25, 0.3) is 5.91 Å². The van der Waals surface area contributed by atoms with Gasteiger partial charge < -0.3 is 10.6 Å². The lowest BCUT2D eigenvalue weighted by atomic mass is 9.87. The summed E-state index contributed by atoms with van der Waals surface area (Å²) >= 11 is 0. The fourth-order valence-electron chi connectivity index (χ4n) is 2.59. The third kappa shape index (κ3) is 4.51. The van der Waals surface area contributed by atoms with E-state index in [9.17, 15) is 4.79 Å². The van der Waals surface area contributed by atoms with Crippen LogP contribution in [0.25, 0.3) is 0 Å². The van der Waals surface area contributed by atoms with Crippen LogP contribution in [0.15, 0.2) is 60.9 Å². The van der Waals surface area contributed by atoms with Crippen molar-refractivity contribution in [3.05, 3.63) is 77.7 Å². The van der Waals surface area contributed by atoms with Crippen molar-refractivity contribution in [1.29, 1.82) is 5.26 Å². The van der Waals surface area contributed by atoms with E-state index < -0.39 is 5.91 Å². The van der Waals surface area contributed by atoms with E-state index in [1.807, 2.05) is 18.2 Å². The lowest BCUT2D eigenvalue weighted by Gasteiger charge is -2.19. The Labute approximate surface area is 164 Å². The van der Waals surface area contributed by atoms with Crippen LogP contribution in [0, 0.1) is 11.3 Å². The molecule has 0 aliphatic heterocycles. The van der Waals surface area contributed by atoms with Crippen LogP contribution in [0.2, 0.25) is 0 Å². The zero-order valence-electron chi connectivity index (χ0n) is 16.0. The summed E-state index contributed by atoms with van der Waals surface area (Å²) in [6.07, 6.45) is 2.90. The normalized spacial score (nSPS) is 10.8. The van der Waals surface area contributed by atoms with Crippen LogP contribution < -0.4 is 10.6 Å². The first-order chi connectivity index (χ1) is 13.4. The van der Waals surface area contributed by atoms with Crippen molar-refractivity contribution in [2.75, 3.05) is 10.6 Å². The van der Waals surface area contributed by atoms with Crippen LogP contribution in [0.3, 0.4) is 0 Å². The van der Waals surface area contributed by atoms with Crippen molar-refractivity contribution in [1.82, 2.24) is 9.97 Å². The Bertz CT molecular complexity index is 1010. The molecule has 3 rings (SSSR count). The average molecular weight is 371 g/mol. The van der Waals surface area contributed by atoms with Crippen LogP contribution >= 0.6 is 0 Å². The highest BCUT2D eigenvalue weighted by molar-refractivity contribution is 6.03. The molecule has 0 aliphatic rings. The van der Waals surface area contributed by atoms with Crippen LogP contribution in [0.4, 0.5) is 17.2 Å². The van der Waals surface area contributed by atoms with Gasteiger partial charge in [-0.15, -0.1) is 0 Å². The summed E-state index contributed by atoms with van der Waals surface area (Å²) in [7, 11) is 0. The maximum atomic E-state index is 12.3. The van der Waals surface area contributed by atoms with Crippen LogP contribution in [-0.2, 0) is 5.41 Å². The summed E-state index contributed by atoms with van der Waals surface area (Å²) in [5.41, 5.74) is 3.23. The van der Waals surface area contributed by atoms with E-state index in [0.29, 0.717) is 17.1 Å². The van der Waals surface area contributed by atoms with Gasteiger partial charge in [0, 0.05) is 5.69 Å². The summed E-state index contributed by atoms with van der Waals surface area (Å²) in [5, 5.41) is 15.0. The Balaban J connectivity index is 1.68. The first-order valence-corrected chi connectivity index (χ1v) is 8.87. The minimum atomic E-state index is -0.420. The molecule has 1 aromatic heterocycles. The number of benzene rings is 2. The van der Waals surface area contributed by atoms with Gasteiger partial charge in [0.15, 0.2) is 0 Å². The fourth-order valence-corrected chi connectivity index (χ4v) is 2.59. The Kier molecular flexibility index (Phi) is 5.37. The second-order valence-corrected chi connectivity index (χ2v) is 7.35. The maximum absolute atomic E-state index is 12.3. The number of nitrogens with zero attached hydrogens (tertiary/aromatic N) is 3. The fraction of sp³-hybridized carbons (Fsp3) is 0.182. The van der Waals surface area contributed by atoms with Gasteiger partial charge in [0.2, 0.25) is 0 Å². The number of rotatable bonds is 4. The molecular formula is C22H21N5O. The number of aromatic nitrogens is 2. The van der Waals surface area contributed by atoms with Crippen LogP contribution in [-0.4, -0.2) is 15.9 Å². The molecule has 0 aliphatic carbocycles. The number of para-hydroxylation sites is 1. The summed E-state index contributed by atoms with van der Waals surface area (Å²) in [6, 6.07) is 17.0. The highest BCUT2D eigenvalue weighted by atomic mass is 16.1. The number of carbonyl (C=O) groups excluding carboxylic acids is 1. The molecule has 28 heavy (non-hydrogen) atoms. The van der Waals surface area contributed by atoms with E-state index in [2.05, 4.69) is 53.5 Å². The molecule has 1 heterocycles. The third-order valence-electron chi connectivity index (χ3n) is 4.20. The lowest BCUT2D eigenvalue weighted by Crippen LogP contribution is -2.15. The van der Waals surface area contributed by atoms with Crippen LogP contribution in [0.1, 0.15) is 42.4 Å². The minimum Gasteiger partial charge on any atom is -0.339 e. The molecule has 3 aromatic rings. The molecule has 2 N–H and O–H groups in total. The number of anilines is 3. The molecule has 0 fully saturated rings. The van der Waals surface area contributed by atoms with Gasteiger partial charge >= 0.3 is 0 Å². The summed E-state index contributed by atoms with van der Waals surface area (Å²) in [6.45, 7) is 6.50. The highest BCUT2D eigenvalue weighted by Crippen LogP contribution is 2.24. The number of hydrogen-bond donors (Lipinski definition) is 2. The molecule has 2 aromatic carbocycles. The molecule has 0 bridgehead atoms. The van der Waals surface area contributed by atoms with Crippen molar-refractivity contribution < 1.29 is 4.79 Å². The number of hydrogen-bond acceptors (Lipinski definition) is 5. The van der Waals surface area contributed by atoms with E-state index in [0.717, 1.165) is 5.69 Å². The van der Waals surface area contributed by atoms with Gasteiger partial charge in [-0.3, -0.25) is 4.79 Å². The second kappa shape index (κ2) is 7.89. The minimum absolute atomic E-state index is 0.0948. The summed E-state index contributed by atoms with van der Waals surface area (Å²) in [5.74, 6) is 0.119. The predicted molar refractivity (Wildman–Crippen MR) is 110 cm³/mol. The van der Waals surface area contributed by atoms with E-state index >= 15 is 0 Å². The zero-order chi connectivity index (χ0) is 20.1. The van der Waals surface area contributed by atoms with Crippen molar-refractivity contribution in [2.24, 2.45) is 0 Å². The number of nitrogens with one attached hydrogen (secondary N) is 2. The molecular weight excluding hydrogens is 350 g/mol. The summed E-state index contributed by atoms with van der Waals surface area (Å²) < 4.78 is 0. The first-order valence-electron chi connectivity index (χ1n) is 8.87. The average Bonchev–Trinajstić information content (AvgIpc) is 2.68. The topological polar surface area (TPSA) is 90.7 Å². The lowest BCUT2D eigenvalue weighted by molar-refractivity contribution is 0.102. The molecule has 0 saturated carbocycles. The van der Waals surface area contributed by atoms with E-state index in [-0.39, 0.29) is 11.1 Å². The van der Waals surface area contributed by atoms with Crippen molar-refractivity contribution in [2.45, 2.75) is 26.2 Å². The largest absolute Gasteiger partial charge is 0.339 e. The predicted octanol–water partition coefficient (Wildman–Crippen LogP) is 4.64. The standard InChI is InChI=1S/C22H21N5O/c1-22(2,3)16-8-10-17(11-9-16)26-20-14-24-19(13-25-20)21(28)27-18-7-5-4-6-15(18)12-23/h4-11,13-14H,1-3H3,(H,25,26)(H,27,28). The molecule has 0 spiro atoms. The zero-order valence-corrected chi connectivity index (χ0v) is 16.0. The smallest absolute Gasteiger partial charge is 0.275 e. The molecule has 0 saturated heterocycles. The van der Waals surface area contributed by atoms with Gasteiger partial charge in [-0.2, -0.15) is 5.26 Å². The first kappa shape index (κ1) is 19.1. The van der Waals surface area contributed by atoms with Crippen LogP contribution in [0.5, 0.6) is 0 Å². The second-order valence-electron chi connectivity index (χ2n) is 7.35. The maximum Gasteiger partial charge on any atom is 0.275 e. The molecule has 0 atom stereocenters. The van der Waals surface area contributed by atoms with E-state index in [1.54, 1.807) is 24.3 Å². The van der Waals surface area contributed by atoms with Gasteiger partial charge in [-0.1, -0.05) is 45.0 Å². The van der Waals surface area contributed by atoms with Gasteiger partial charge in [-0.05, 0) is 35.2 Å². The molecule has 1 amide bonds. The molecule has 6 nitrogen and oxygen atoms in total. The number of nitriles is 1. The van der Waals surface area contributed by atoms with E-state index in [1.165, 1.54) is 18.0 Å². The van der Waals surface area contributed by atoms with Gasteiger partial charge in [0.1, 0.15) is 17.6 Å². The Morgan fingerprint density at radius 3 is 2.32 bits per heavy atom. The third-order valence-corrected chi connectivity index (χ3v) is 4.20. The molecule has 140 valence electrons. The Morgan fingerprint density at radius 2 is 1.71 bits per heavy atom. The van der Waals surface area contributed by atoms with Gasteiger partial charge in [-0.25, -0.2) is 9.97 Å². The SMILES string of the molecule is CC(C)(C)c1ccc(Nc2cnc(C(=O)Nc3ccccc3C#N)cn2)cc1. The molecule has 0 unspecified atom stereocenters. The number of carbonyl (C=O) groups is 1. The van der Waals surface area contributed by atoms with Crippen molar-refractivity contribution >= 4 is 23.1 Å². The summed E-state index contributed by atoms with van der Waals surface area (Å²) in [4.78, 5) is 20.8. The van der Waals surface area contributed by atoms with E-state index in [4.69, 9.17) is 5.26 Å².